The second-order valence-corrected chi connectivity index (χ2v) is 9.19. The Morgan fingerprint density at radius 1 is 0.818 bits per heavy atom. The highest BCUT2D eigenvalue weighted by Crippen LogP contribution is 2.45. The minimum atomic E-state index is -0.209. The summed E-state index contributed by atoms with van der Waals surface area (Å²) in [7, 11) is -0.209. The van der Waals surface area contributed by atoms with Crippen LogP contribution < -0.4 is 5.46 Å². The van der Waals surface area contributed by atoms with E-state index in [0.29, 0.717) is 0 Å². The molecular formula is C19H29BO2. The van der Waals surface area contributed by atoms with Gasteiger partial charge in [0, 0.05) is 18.6 Å². The molecule has 0 radical (unpaired) electrons. The molecule has 1 aliphatic heterocycles. The van der Waals surface area contributed by atoms with Crippen molar-refractivity contribution < 1.29 is 9.31 Å². The molecule has 3 heteroatoms. The first-order chi connectivity index (χ1) is 10.1. The van der Waals surface area contributed by atoms with Crippen LogP contribution in [-0.4, -0.2) is 20.3 Å². The van der Waals surface area contributed by atoms with Gasteiger partial charge in [0.15, 0.2) is 0 Å². The fourth-order valence-electron chi connectivity index (χ4n) is 3.64. The number of hydrogen-bond acceptors (Lipinski definition) is 2. The van der Waals surface area contributed by atoms with Crippen LogP contribution in [0.3, 0.4) is 0 Å². The monoisotopic (exact) mass is 300 g/mol. The van der Waals surface area contributed by atoms with Gasteiger partial charge in [0.2, 0.25) is 0 Å². The molecule has 120 valence electrons. The lowest BCUT2D eigenvalue weighted by Gasteiger charge is -2.42. The average molecular weight is 300 g/mol. The number of fused-ring (bicyclic) bond motifs is 1. The van der Waals surface area contributed by atoms with Gasteiger partial charge < -0.3 is 9.31 Å². The van der Waals surface area contributed by atoms with Crippen LogP contribution in [0.2, 0.25) is 0 Å². The van der Waals surface area contributed by atoms with E-state index in [2.05, 4.69) is 59.7 Å². The van der Waals surface area contributed by atoms with Crippen LogP contribution in [0, 0.1) is 5.41 Å². The molecule has 3 rings (SSSR count). The van der Waals surface area contributed by atoms with Crippen molar-refractivity contribution in [2.45, 2.75) is 65.2 Å². The Kier molecular flexibility index (Phi) is 3.73. The Morgan fingerprint density at radius 3 is 1.95 bits per heavy atom. The van der Waals surface area contributed by atoms with Gasteiger partial charge in [-0.15, -0.1) is 0 Å². The van der Waals surface area contributed by atoms with Crippen molar-refractivity contribution in [3.8, 4) is 0 Å². The van der Waals surface area contributed by atoms with E-state index in [4.69, 9.17) is 9.31 Å². The molecule has 0 saturated carbocycles. The normalized spacial score (nSPS) is 25.6. The highest BCUT2D eigenvalue weighted by molar-refractivity contribution is 6.61. The number of benzene rings is 1. The topological polar surface area (TPSA) is 18.5 Å². The van der Waals surface area contributed by atoms with Crippen molar-refractivity contribution in [3.05, 3.63) is 29.3 Å². The van der Waals surface area contributed by atoms with E-state index in [1.165, 1.54) is 29.4 Å². The fraction of sp³-hybridized carbons (Fsp3) is 0.684. The maximum atomic E-state index is 5.97. The summed E-state index contributed by atoms with van der Waals surface area (Å²) in [6, 6.07) is 6.84. The molecule has 1 aromatic rings. The molecule has 0 spiro atoms. The maximum absolute atomic E-state index is 5.97. The number of hydrogen-bond donors (Lipinski definition) is 0. The van der Waals surface area contributed by atoms with Gasteiger partial charge in [-0.2, -0.15) is 0 Å². The summed E-state index contributed by atoms with van der Waals surface area (Å²) in [6.07, 6.45) is 2.48. The first-order valence-electron chi connectivity index (χ1n) is 8.49. The van der Waals surface area contributed by atoms with Gasteiger partial charge in [0.25, 0.3) is 0 Å². The summed E-state index contributed by atoms with van der Waals surface area (Å²) in [6.45, 7) is 15.3. The average Bonchev–Trinajstić information content (AvgIpc) is 2.44. The molecule has 0 unspecified atom stereocenters. The fourth-order valence-corrected chi connectivity index (χ4v) is 3.64. The van der Waals surface area contributed by atoms with Crippen LogP contribution in [0.5, 0.6) is 0 Å². The van der Waals surface area contributed by atoms with E-state index >= 15 is 0 Å². The van der Waals surface area contributed by atoms with E-state index in [1.807, 2.05) is 0 Å². The summed E-state index contributed by atoms with van der Waals surface area (Å²) in [4.78, 5) is 0. The van der Waals surface area contributed by atoms with Crippen LogP contribution in [-0.2, 0) is 20.1 Å². The molecule has 22 heavy (non-hydrogen) atoms. The second kappa shape index (κ2) is 5.11. The van der Waals surface area contributed by atoms with E-state index in [-0.39, 0.29) is 23.4 Å². The molecular weight excluding hydrogens is 271 g/mol. The second-order valence-electron chi connectivity index (χ2n) is 9.19. The Balaban J connectivity index is 1.93. The minimum Gasteiger partial charge on any atom is -0.407 e. The third kappa shape index (κ3) is 2.86. The quantitative estimate of drug-likeness (QED) is 0.734. The molecule has 0 atom stereocenters. The largest absolute Gasteiger partial charge is 0.493 e. The molecule has 0 N–H and O–H groups in total. The van der Waals surface area contributed by atoms with Crippen LogP contribution >= 0.6 is 0 Å². The number of rotatable bonds is 1. The standard InChI is InChI=1S/C19H29BO2/c1-17(2)12-21-20(22-13-17)14-7-8-15-16(11-14)19(5,6)10-9-18(15,3)4/h7-8,11H,9-10,12-13H2,1-6H3. The zero-order valence-electron chi connectivity index (χ0n) is 15.0. The highest BCUT2D eigenvalue weighted by atomic mass is 16.6. The van der Waals surface area contributed by atoms with Crippen LogP contribution in [0.25, 0.3) is 0 Å². The maximum Gasteiger partial charge on any atom is 0.493 e. The Bertz CT molecular complexity index is 565. The predicted molar refractivity (Wildman–Crippen MR) is 92.8 cm³/mol. The van der Waals surface area contributed by atoms with Crippen molar-refractivity contribution in [3.63, 3.8) is 0 Å². The zero-order valence-corrected chi connectivity index (χ0v) is 15.0. The van der Waals surface area contributed by atoms with Gasteiger partial charge in [-0.25, -0.2) is 0 Å². The molecule has 1 heterocycles. The molecule has 2 aliphatic rings. The predicted octanol–water partition coefficient (Wildman–Crippen LogP) is 3.80. The van der Waals surface area contributed by atoms with E-state index in [0.717, 1.165) is 13.2 Å². The van der Waals surface area contributed by atoms with Crippen molar-refractivity contribution in [2.24, 2.45) is 5.41 Å². The van der Waals surface area contributed by atoms with Crippen LogP contribution in [0.4, 0.5) is 0 Å². The van der Waals surface area contributed by atoms with Gasteiger partial charge in [0.05, 0.1) is 0 Å². The lowest BCUT2D eigenvalue weighted by atomic mass is 9.61. The van der Waals surface area contributed by atoms with Gasteiger partial charge in [-0.1, -0.05) is 59.7 Å². The lowest BCUT2D eigenvalue weighted by molar-refractivity contribution is 0.0343. The summed E-state index contributed by atoms with van der Waals surface area (Å²) in [5.41, 5.74) is 4.74. The van der Waals surface area contributed by atoms with E-state index in [9.17, 15) is 0 Å². The molecule has 2 nitrogen and oxygen atoms in total. The minimum absolute atomic E-state index is 0.117. The molecule has 0 aromatic heterocycles. The van der Waals surface area contributed by atoms with Gasteiger partial charge in [-0.3, -0.25) is 0 Å². The van der Waals surface area contributed by atoms with Gasteiger partial charge >= 0.3 is 7.12 Å². The van der Waals surface area contributed by atoms with Crippen molar-refractivity contribution >= 4 is 12.6 Å². The smallest absolute Gasteiger partial charge is 0.407 e. The van der Waals surface area contributed by atoms with Gasteiger partial charge in [0.1, 0.15) is 0 Å². The van der Waals surface area contributed by atoms with Crippen molar-refractivity contribution in [2.75, 3.05) is 13.2 Å². The Morgan fingerprint density at radius 2 is 1.36 bits per heavy atom. The highest BCUT2D eigenvalue weighted by Gasteiger charge is 2.39. The zero-order chi connectivity index (χ0) is 16.2. The third-order valence-electron chi connectivity index (χ3n) is 5.40. The van der Waals surface area contributed by atoms with Crippen molar-refractivity contribution in [1.82, 2.24) is 0 Å². The first kappa shape index (κ1) is 16.1. The van der Waals surface area contributed by atoms with E-state index in [1.54, 1.807) is 0 Å². The van der Waals surface area contributed by atoms with Crippen LogP contribution in [0.1, 0.15) is 65.5 Å². The SMILES string of the molecule is CC1(C)COB(c2ccc3c(c2)C(C)(C)CCC3(C)C)OC1. The molecule has 0 bridgehead atoms. The lowest BCUT2D eigenvalue weighted by Crippen LogP contribution is -2.48. The molecule has 0 amide bonds. The van der Waals surface area contributed by atoms with Crippen LogP contribution in [0.15, 0.2) is 18.2 Å². The Hall–Kier alpha value is -0.795. The molecule has 1 aliphatic carbocycles. The summed E-state index contributed by atoms with van der Waals surface area (Å²) >= 11 is 0. The first-order valence-corrected chi connectivity index (χ1v) is 8.49. The Labute approximate surface area is 135 Å². The molecule has 1 saturated heterocycles. The summed E-state index contributed by atoms with van der Waals surface area (Å²) < 4.78 is 11.9. The third-order valence-corrected chi connectivity index (χ3v) is 5.40. The van der Waals surface area contributed by atoms with Gasteiger partial charge in [-0.05, 0) is 40.3 Å². The summed E-state index contributed by atoms with van der Waals surface area (Å²) in [5, 5.41) is 0. The molecule has 1 aromatic carbocycles. The summed E-state index contributed by atoms with van der Waals surface area (Å²) in [5.74, 6) is 0. The molecule has 1 fully saturated rings. The van der Waals surface area contributed by atoms with E-state index < -0.39 is 0 Å². The van der Waals surface area contributed by atoms with Crippen molar-refractivity contribution in [1.29, 1.82) is 0 Å².